The molecule has 1 fully saturated rings. The molecule has 0 atom stereocenters. The Hall–Kier alpha value is -2.44. The van der Waals surface area contributed by atoms with E-state index in [4.69, 9.17) is 15.6 Å². The summed E-state index contributed by atoms with van der Waals surface area (Å²) in [5, 5.41) is 9.15. The van der Waals surface area contributed by atoms with Crippen LogP contribution in [0.2, 0.25) is 0 Å². The fourth-order valence-electron chi connectivity index (χ4n) is 2.13. The van der Waals surface area contributed by atoms with Crippen molar-refractivity contribution in [2.24, 2.45) is 5.73 Å². The summed E-state index contributed by atoms with van der Waals surface area (Å²) in [7, 11) is 0. The number of carbonyl (C=O) groups excluding carboxylic acids is 2. The zero-order chi connectivity index (χ0) is 15.2. The monoisotopic (exact) mass is 293 g/mol. The van der Waals surface area contributed by atoms with Crippen LogP contribution in [-0.2, 0) is 4.79 Å². The van der Waals surface area contributed by atoms with Crippen LogP contribution in [-0.4, -0.2) is 59.6 Å². The maximum absolute atomic E-state index is 12.0. The Kier molecular flexibility index (Phi) is 4.86. The molecule has 3 N–H and O–H groups in total. The molecule has 21 heavy (non-hydrogen) atoms. The molecule has 1 aromatic carbocycles. The third-order valence-corrected chi connectivity index (χ3v) is 3.37. The quantitative estimate of drug-likeness (QED) is 0.839. The molecule has 0 saturated carbocycles. The number of amides is 3. The highest BCUT2D eigenvalue weighted by Gasteiger charge is 2.22. The number of nitrogens with zero attached hydrogens (tertiary/aromatic N) is 2. The van der Waals surface area contributed by atoms with Crippen LogP contribution in [0.25, 0.3) is 0 Å². The van der Waals surface area contributed by atoms with Gasteiger partial charge in [0.25, 0.3) is 0 Å². The van der Waals surface area contributed by atoms with E-state index < -0.39 is 6.03 Å². The van der Waals surface area contributed by atoms with Crippen LogP contribution >= 0.6 is 0 Å². The third kappa shape index (κ3) is 4.27. The van der Waals surface area contributed by atoms with Gasteiger partial charge in [0.1, 0.15) is 11.5 Å². The summed E-state index contributed by atoms with van der Waals surface area (Å²) in [5.74, 6) is 0.780. The van der Waals surface area contributed by atoms with Crippen molar-refractivity contribution in [1.82, 2.24) is 9.80 Å². The van der Waals surface area contributed by atoms with E-state index in [0.717, 1.165) is 0 Å². The van der Waals surface area contributed by atoms with Crippen molar-refractivity contribution in [3.63, 3.8) is 0 Å². The highest BCUT2D eigenvalue weighted by atomic mass is 16.5. The Morgan fingerprint density at radius 3 is 2.24 bits per heavy atom. The molecule has 1 aliphatic heterocycles. The van der Waals surface area contributed by atoms with E-state index in [9.17, 15) is 9.59 Å². The molecule has 114 valence electrons. The van der Waals surface area contributed by atoms with Crippen LogP contribution in [0.1, 0.15) is 6.42 Å². The van der Waals surface area contributed by atoms with Crippen LogP contribution in [0.4, 0.5) is 4.79 Å². The van der Waals surface area contributed by atoms with Gasteiger partial charge in [0.05, 0.1) is 13.0 Å². The summed E-state index contributed by atoms with van der Waals surface area (Å²) in [6, 6.07) is 5.90. The minimum absolute atomic E-state index is 0.00195. The van der Waals surface area contributed by atoms with Gasteiger partial charge in [0.15, 0.2) is 0 Å². The lowest BCUT2D eigenvalue weighted by Gasteiger charge is -2.33. The molecule has 7 heteroatoms. The van der Waals surface area contributed by atoms with Crippen molar-refractivity contribution in [1.29, 1.82) is 0 Å². The van der Waals surface area contributed by atoms with Gasteiger partial charge in [-0.05, 0) is 24.3 Å². The van der Waals surface area contributed by atoms with Crippen LogP contribution in [0, 0.1) is 0 Å². The number of phenolic OH excluding ortho intramolecular Hbond substituents is 1. The van der Waals surface area contributed by atoms with E-state index in [1.54, 1.807) is 17.0 Å². The normalized spacial score (nSPS) is 14.9. The molecule has 1 saturated heterocycles. The van der Waals surface area contributed by atoms with E-state index in [-0.39, 0.29) is 24.7 Å². The number of carbonyl (C=O) groups is 2. The summed E-state index contributed by atoms with van der Waals surface area (Å²) in [6.45, 7) is 2.22. The molecule has 0 radical (unpaired) electrons. The van der Waals surface area contributed by atoms with Crippen molar-refractivity contribution in [2.75, 3.05) is 32.8 Å². The van der Waals surface area contributed by atoms with Crippen molar-refractivity contribution < 1.29 is 19.4 Å². The number of aromatic hydroxyl groups is 1. The van der Waals surface area contributed by atoms with Gasteiger partial charge < -0.3 is 25.4 Å². The number of phenols is 1. The predicted molar refractivity (Wildman–Crippen MR) is 76.0 cm³/mol. The minimum Gasteiger partial charge on any atom is -0.508 e. The van der Waals surface area contributed by atoms with Crippen LogP contribution in [0.15, 0.2) is 24.3 Å². The molecule has 0 aliphatic carbocycles. The number of rotatable bonds is 4. The Labute approximate surface area is 122 Å². The average molecular weight is 293 g/mol. The van der Waals surface area contributed by atoms with Crippen molar-refractivity contribution >= 4 is 11.9 Å². The molecule has 3 amide bonds. The third-order valence-electron chi connectivity index (χ3n) is 3.37. The number of primary amides is 1. The Balaban J connectivity index is 1.70. The molecule has 7 nitrogen and oxygen atoms in total. The zero-order valence-corrected chi connectivity index (χ0v) is 11.7. The lowest BCUT2D eigenvalue weighted by atomic mass is 10.3. The van der Waals surface area contributed by atoms with Crippen molar-refractivity contribution in [3.8, 4) is 11.5 Å². The standard InChI is InChI=1S/C14H19N3O4/c15-14(20)17-8-6-16(7-9-17)13(19)5-10-21-12-3-1-11(18)2-4-12/h1-4,18H,5-10H2,(H2,15,20). The van der Waals surface area contributed by atoms with E-state index in [1.165, 1.54) is 17.0 Å². The summed E-state index contributed by atoms with van der Waals surface area (Å²) >= 11 is 0. The number of nitrogens with two attached hydrogens (primary N) is 1. The minimum atomic E-state index is -0.447. The molecule has 0 bridgehead atoms. The zero-order valence-electron chi connectivity index (χ0n) is 11.7. The number of hydrogen-bond donors (Lipinski definition) is 2. The van der Waals surface area contributed by atoms with Crippen LogP contribution in [0.5, 0.6) is 11.5 Å². The van der Waals surface area contributed by atoms with Gasteiger partial charge in [-0.1, -0.05) is 0 Å². The SMILES string of the molecule is NC(=O)N1CCN(C(=O)CCOc2ccc(O)cc2)CC1. The molecule has 1 aliphatic rings. The largest absolute Gasteiger partial charge is 0.508 e. The first-order chi connectivity index (χ1) is 10.1. The molecule has 2 rings (SSSR count). The molecule has 1 heterocycles. The smallest absolute Gasteiger partial charge is 0.314 e. The van der Waals surface area contributed by atoms with Crippen molar-refractivity contribution in [2.45, 2.75) is 6.42 Å². The molecular weight excluding hydrogens is 274 g/mol. The maximum Gasteiger partial charge on any atom is 0.314 e. The van der Waals surface area contributed by atoms with Gasteiger partial charge in [-0.15, -0.1) is 0 Å². The van der Waals surface area contributed by atoms with E-state index in [2.05, 4.69) is 0 Å². The molecular formula is C14H19N3O4. The predicted octanol–water partition coefficient (Wildman–Crippen LogP) is 0.384. The number of ether oxygens (including phenoxy) is 1. The summed E-state index contributed by atoms with van der Waals surface area (Å²) in [5.41, 5.74) is 5.19. The van der Waals surface area contributed by atoms with Gasteiger partial charge in [-0.3, -0.25) is 4.79 Å². The van der Waals surface area contributed by atoms with Crippen LogP contribution < -0.4 is 10.5 Å². The van der Waals surface area contributed by atoms with E-state index >= 15 is 0 Å². The maximum atomic E-state index is 12.0. The van der Waals surface area contributed by atoms with Gasteiger partial charge in [0.2, 0.25) is 5.91 Å². The Morgan fingerprint density at radius 1 is 1.10 bits per heavy atom. The number of piperazine rings is 1. The van der Waals surface area contributed by atoms with E-state index in [1.807, 2.05) is 0 Å². The summed E-state index contributed by atoms with van der Waals surface area (Å²) in [4.78, 5) is 26.2. The number of urea groups is 1. The first-order valence-corrected chi connectivity index (χ1v) is 6.80. The second-order valence-electron chi connectivity index (χ2n) is 4.80. The Morgan fingerprint density at radius 2 is 1.67 bits per heavy atom. The second kappa shape index (κ2) is 6.83. The fourth-order valence-corrected chi connectivity index (χ4v) is 2.13. The van der Waals surface area contributed by atoms with E-state index in [0.29, 0.717) is 31.9 Å². The van der Waals surface area contributed by atoms with Gasteiger partial charge in [-0.2, -0.15) is 0 Å². The average Bonchev–Trinajstić information content (AvgIpc) is 2.49. The topological polar surface area (TPSA) is 96.1 Å². The Bertz CT molecular complexity index is 495. The fraction of sp³-hybridized carbons (Fsp3) is 0.429. The highest BCUT2D eigenvalue weighted by Crippen LogP contribution is 2.16. The summed E-state index contributed by atoms with van der Waals surface area (Å²) < 4.78 is 5.44. The lowest BCUT2D eigenvalue weighted by molar-refractivity contribution is -0.133. The molecule has 0 unspecified atom stereocenters. The van der Waals surface area contributed by atoms with Gasteiger partial charge in [-0.25, -0.2) is 4.79 Å². The number of benzene rings is 1. The van der Waals surface area contributed by atoms with Crippen LogP contribution in [0.3, 0.4) is 0 Å². The first-order valence-electron chi connectivity index (χ1n) is 6.80. The highest BCUT2D eigenvalue weighted by molar-refractivity contribution is 5.77. The molecule has 0 spiro atoms. The van der Waals surface area contributed by atoms with Crippen molar-refractivity contribution in [3.05, 3.63) is 24.3 Å². The van der Waals surface area contributed by atoms with Gasteiger partial charge in [0, 0.05) is 26.2 Å². The summed E-state index contributed by atoms with van der Waals surface area (Å²) in [6.07, 6.45) is 0.275. The lowest BCUT2D eigenvalue weighted by Crippen LogP contribution is -2.52. The second-order valence-corrected chi connectivity index (χ2v) is 4.80. The molecule has 0 aromatic heterocycles. The first kappa shape index (κ1) is 15.0. The molecule has 1 aromatic rings. The number of hydrogen-bond acceptors (Lipinski definition) is 4. The van der Waals surface area contributed by atoms with Gasteiger partial charge >= 0.3 is 6.03 Å².